The largest absolute Gasteiger partial charge is 0.352 e. The normalized spacial score (nSPS) is 9.73. The molecule has 0 unspecified atom stereocenters. The third kappa shape index (κ3) is 3.20. The van der Waals surface area contributed by atoms with Gasteiger partial charge in [0.2, 0.25) is 0 Å². The molecule has 0 fully saturated rings. The van der Waals surface area contributed by atoms with Crippen molar-refractivity contribution in [2.75, 3.05) is 6.54 Å². The van der Waals surface area contributed by atoms with Crippen LogP contribution in [0.4, 0.5) is 0 Å². The molecule has 80 valence electrons. The van der Waals surface area contributed by atoms with Crippen molar-refractivity contribution in [2.24, 2.45) is 0 Å². The molecule has 0 saturated heterocycles. The van der Waals surface area contributed by atoms with Gasteiger partial charge in [0.25, 0.3) is 5.91 Å². The number of hydrogen-bond donors (Lipinski definition) is 1. The molecule has 0 atom stereocenters. The van der Waals surface area contributed by atoms with E-state index in [1.165, 1.54) is 5.56 Å². The zero-order chi connectivity index (χ0) is 11.3. The average Bonchev–Trinajstić information content (AvgIpc) is 2.22. The summed E-state index contributed by atoms with van der Waals surface area (Å²) in [4.78, 5) is 21.6. The Bertz CT molecular complexity index is 372. The summed E-state index contributed by atoms with van der Waals surface area (Å²) in [5.74, 6) is -0.125. The molecule has 3 nitrogen and oxygen atoms in total. The topological polar surface area (TPSA) is 46.2 Å². The Morgan fingerprint density at radius 3 is 2.67 bits per heavy atom. The Hall–Kier alpha value is -1.64. The predicted octanol–water partition coefficient (Wildman–Crippen LogP) is 1.62. The number of benzene rings is 1. The van der Waals surface area contributed by atoms with Crippen LogP contribution in [0, 0.1) is 13.8 Å². The Morgan fingerprint density at radius 1 is 1.33 bits per heavy atom. The van der Waals surface area contributed by atoms with E-state index >= 15 is 0 Å². The van der Waals surface area contributed by atoms with Gasteiger partial charge in [-0.25, -0.2) is 0 Å². The maximum Gasteiger partial charge on any atom is 0.251 e. The van der Waals surface area contributed by atoms with E-state index in [0.29, 0.717) is 18.5 Å². The lowest BCUT2D eigenvalue weighted by molar-refractivity contribution is -0.107. The van der Waals surface area contributed by atoms with Gasteiger partial charge in [-0.1, -0.05) is 6.07 Å². The molecule has 3 heteroatoms. The van der Waals surface area contributed by atoms with E-state index in [1.54, 1.807) is 6.07 Å². The van der Waals surface area contributed by atoms with Gasteiger partial charge < -0.3 is 10.1 Å². The molecule has 0 aliphatic heterocycles. The first-order valence-electron chi connectivity index (χ1n) is 4.94. The second kappa shape index (κ2) is 5.29. The third-order valence-electron chi connectivity index (χ3n) is 2.32. The first-order chi connectivity index (χ1) is 7.15. The summed E-state index contributed by atoms with van der Waals surface area (Å²) in [5.41, 5.74) is 2.90. The molecule has 0 spiro atoms. The van der Waals surface area contributed by atoms with Crippen LogP contribution >= 0.6 is 0 Å². The molecular formula is C12H15NO2. The summed E-state index contributed by atoms with van der Waals surface area (Å²) in [6.45, 7) is 4.37. The summed E-state index contributed by atoms with van der Waals surface area (Å²) in [7, 11) is 0. The quantitative estimate of drug-likeness (QED) is 0.599. The van der Waals surface area contributed by atoms with Crippen LogP contribution < -0.4 is 5.32 Å². The zero-order valence-electron chi connectivity index (χ0n) is 9.04. The maximum absolute atomic E-state index is 11.6. The van der Waals surface area contributed by atoms with Gasteiger partial charge in [-0.2, -0.15) is 0 Å². The second-order valence-corrected chi connectivity index (χ2v) is 3.51. The monoisotopic (exact) mass is 205 g/mol. The van der Waals surface area contributed by atoms with Crippen molar-refractivity contribution < 1.29 is 9.59 Å². The number of nitrogens with one attached hydrogen (secondary N) is 1. The van der Waals surface area contributed by atoms with E-state index in [1.807, 2.05) is 26.0 Å². The Kier molecular flexibility index (Phi) is 4.03. The van der Waals surface area contributed by atoms with E-state index in [9.17, 15) is 9.59 Å². The highest BCUT2D eigenvalue weighted by atomic mass is 16.1. The Morgan fingerprint density at radius 2 is 2.07 bits per heavy atom. The van der Waals surface area contributed by atoms with Crippen LogP contribution in [0.5, 0.6) is 0 Å². The van der Waals surface area contributed by atoms with Crippen LogP contribution in [0.25, 0.3) is 0 Å². The average molecular weight is 205 g/mol. The number of rotatable bonds is 4. The molecule has 0 aliphatic rings. The molecule has 1 N–H and O–H groups in total. The first-order valence-corrected chi connectivity index (χ1v) is 4.94. The van der Waals surface area contributed by atoms with E-state index in [2.05, 4.69) is 5.32 Å². The molecule has 1 amide bonds. The number of amides is 1. The Balaban J connectivity index is 2.65. The van der Waals surface area contributed by atoms with Gasteiger partial charge in [0.05, 0.1) is 0 Å². The standard InChI is InChI=1S/C12H15NO2/c1-9-4-5-11(8-10(9)2)12(15)13-6-3-7-14/h4-5,7-8H,3,6H2,1-2H3,(H,13,15). The minimum absolute atomic E-state index is 0.125. The van der Waals surface area contributed by atoms with Gasteiger partial charge in [0.15, 0.2) is 0 Å². The minimum Gasteiger partial charge on any atom is -0.352 e. The summed E-state index contributed by atoms with van der Waals surface area (Å²) in [5, 5.41) is 2.68. The lowest BCUT2D eigenvalue weighted by Gasteiger charge is -2.05. The van der Waals surface area contributed by atoms with Crippen LogP contribution in [-0.2, 0) is 4.79 Å². The van der Waals surface area contributed by atoms with Crippen molar-refractivity contribution in [1.29, 1.82) is 0 Å². The smallest absolute Gasteiger partial charge is 0.251 e. The summed E-state index contributed by atoms with van der Waals surface area (Å²) >= 11 is 0. The van der Waals surface area contributed by atoms with Crippen molar-refractivity contribution in [1.82, 2.24) is 5.32 Å². The number of hydrogen-bond acceptors (Lipinski definition) is 2. The van der Waals surface area contributed by atoms with Crippen molar-refractivity contribution in [3.8, 4) is 0 Å². The van der Waals surface area contributed by atoms with Crippen LogP contribution in [0.2, 0.25) is 0 Å². The molecule has 0 saturated carbocycles. The summed E-state index contributed by atoms with van der Waals surface area (Å²) in [6.07, 6.45) is 1.15. The first kappa shape index (κ1) is 11.4. The Labute approximate surface area is 89.5 Å². The fraction of sp³-hybridized carbons (Fsp3) is 0.333. The minimum atomic E-state index is -0.125. The molecule has 0 heterocycles. The van der Waals surface area contributed by atoms with Crippen LogP contribution in [0.3, 0.4) is 0 Å². The number of aryl methyl sites for hydroxylation is 2. The lowest BCUT2D eigenvalue weighted by atomic mass is 10.1. The van der Waals surface area contributed by atoms with Gasteiger partial charge in [0.1, 0.15) is 6.29 Å². The van der Waals surface area contributed by atoms with Crippen LogP contribution in [-0.4, -0.2) is 18.7 Å². The molecular weight excluding hydrogens is 190 g/mol. The molecule has 0 aromatic heterocycles. The molecule has 0 bridgehead atoms. The number of carbonyl (C=O) groups is 2. The predicted molar refractivity (Wildman–Crippen MR) is 58.9 cm³/mol. The molecule has 1 aromatic carbocycles. The lowest BCUT2D eigenvalue weighted by Crippen LogP contribution is -2.24. The van der Waals surface area contributed by atoms with Crippen molar-refractivity contribution >= 4 is 12.2 Å². The van der Waals surface area contributed by atoms with E-state index < -0.39 is 0 Å². The van der Waals surface area contributed by atoms with E-state index in [-0.39, 0.29) is 5.91 Å². The van der Waals surface area contributed by atoms with Gasteiger partial charge in [0, 0.05) is 18.5 Å². The molecule has 1 aromatic rings. The van der Waals surface area contributed by atoms with E-state index in [0.717, 1.165) is 11.8 Å². The van der Waals surface area contributed by atoms with Crippen LogP contribution in [0.1, 0.15) is 27.9 Å². The van der Waals surface area contributed by atoms with Gasteiger partial charge in [-0.15, -0.1) is 0 Å². The maximum atomic E-state index is 11.6. The highest BCUT2D eigenvalue weighted by Crippen LogP contribution is 2.09. The van der Waals surface area contributed by atoms with Crippen molar-refractivity contribution in [3.05, 3.63) is 34.9 Å². The summed E-state index contributed by atoms with van der Waals surface area (Å²) in [6, 6.07) is 5.56. The second-order valence-electron chi connectivity index (χ2n) is 3.51. The van der Waals surface area contributed by atoms with Gasteiger partial charge >= 0.3 is 0 Å². The van der Waals surface area contributed by atoms with Gasteiger partial charge in [-0.3, -0.25) is 4.79 Å². The van der Waals surface area contributed by atoms with E-state index in [4.69, 9.17) is 0 Å². The van der Waals surface area contributed by atoms with Crippen molar-refractivity contribution in [2.45, 2.75) is 20.3 Å². The molecule has 0 aliphatic carbocycles. The number of carbonyl (C=O) groups excluding carboxylic acids is 2. The molecule has 0 radical (unpaired) electrons. The fourth-order valence-corrected chi connectivity index (χ4v) is 1.23. The highest BCUT2D eigenvalue weighted by Gasteiger charge is 2.05. The molecule has 1 rings (SSSR count). The number of aldehydes is 1. The van der Waals surface area contributed by atoms with Crippen molar-refractivity contribution in [3.63, 3.8) is 0 Å². The fourth-order valence-electron chi connectivity index (χ4n) is 1.23. The van der Waals surface area contributed by atoms with Gasteiger partial charge in [-0.05, 0) is 37.1 Å². The third-order valence-corrected chi connectivity index (χ3v) is 2.32. The molecule has 15 heavy (non-hydrogen) atoms. The highest BCUT2D eigenvalue weighted by molar-refractivity contribution is 5.94. The SMILES string of the molecule is Cc1ccc(C(=O)NCCC=O)cc1C. The van der Waals surface area contributed by atoms with Crippen LogP contribution in [0.15, 0.2) is 18.2 Å². The summed E-state index contributed by atoms with van der Waals surface area (Å²) < 4.78 is 0. The zero-order valence-corrected chi connectivity index (χ0v) is 9.04.